The Morgan fingerprint density at radius 3 is 2.84 bits per heavy atom. The van der Waals surface area contributed by atoms with Gasteiger partial charge in [-0.25, -0.2) is 4.98 Å². The SMILES string of the molecule is CCN(CCNC)c1nc2c(OC)cccc2n1C. The number of aromatic nitrogens is 2. The Bertz CT molecular complexity index is 550. The van der Waals surface area contributed by atoms with Crippen molar-refractivity contribution in [2.45, 2.75) is 6.92 Å². The van der Waals surface area contributed by atoms with E-state index in [9.17, 15) is 0 Å². The highest BCUT2D eigenvalue weighted by Crippen LogP contribution is 2.28. The fraction of sp³-hybridized carbons (Fsp3) is 0.500. The number of rotatable bonds is 6. The molecule has 0 aliphatic carbocycles. The summed E-state index contributed by atoms with van der Waals surface area (Å²) < 4.78 is 7.51. The minimum atomic E-state index is 0.823. The summed E-state index contributed by atoms with van der Waals surface area (Å²) in [6, 6.07) is 6.01. The molecule has 0 unspecified atom stereocenters. The van der Waals surface area contributed by atoms with Crippen LogP contribution in [0.25, 0.3) is 11.0 Å². The molecule has 1 aromatic carbocycles. The molecule has 104 valence electrons. The molecule has 0 spiro atoms. The Balaban J connectivity index is 2.45. The topological polar surface area (TPSA) is 42.3 Å². The highest BCUT2D eigenvalue weighted by Gasteiger charge is 2.15. The summed E-state index contributed by atoms with van der Waals surface area (Å²) in [7, 11) is 5.69. The van der Waals surface area contributed by atoms with Crippen molar-refractivity contribution in [2.75, 3.05) is 38.7 Å². The number of methoxy groups -OCH3 is 1. The summed E-state index contributed by atoms with van der Waals surface area (Å²) in [5.41, 5.74) is 2.02. The second-order valence-electron chi connectivity index (χ2n) is 4.48. The van der Waals surface area contributed by atoms with Crippen LogP contribution in [0, 0.1) is 0 Å². The molecule has 0 amide bonds. The predicted octanol–water partition coefficient (Wildman–Crippen LogP) is 1.63. The van der Waals surface area contributed by atoms with E-state index in [1.54, 1.807) is 7.11 Å². The Labute approximate surface area is 114 Å². The van der Waals surface area contributed by atoms with Gasteiger partial charge in [-0.3, -0.25) is 0 Å². The van der Waals surface area contributed by atoms with Crippen molar-refractivity contribution in [1.29, 1.82) is 0 Å². The van der Waals surface area contributed by atoms with E-state index in [1.165, 1.54) is 0 Å². The van der Waals surface area contributed by atoms with Gasteiger partial charge in [-0.1, -0.05) is 6.07 Å². The van der Waals surface area contributed by atoms with Gasteiger partial charge in [-0.2, -0.15) is 0 Å². The molecule has 1 heterocycles. The van der Waals surface area contributed by atoms with Crippen molar-refractivity contribution in [3.05, 3.63) is 18.2 Å². The Kier molecular flexibility index (Phi) is 4.27. The minimum Gasteiger partial charge on any atom is -0.494 e. The summed E-state index contributed by atoms with van der Waals surface area (Å²) in [6.45, 7) is 4.95. The lowest BCUT2D eigenvalue weighted by Gasteiger charge is -2.21. The number of fused-ring (bicyclic) bond motifs is 1. The van der Waals surface area contributed by atoms with Crippen LogP contribution in [0.2, 0.25) is 0 Å². The molecule has 1 N–H and O–H groups in total. The largest absolute Gasteiger partial charge is 0.494 e. The number of likely N-dealkylation sites (N-methyl/N-ethyl adjacent to an activating group) is 2. The second kappa shape index (κ2) is 5.93. The van der Waals surface area contributed by atoms with Gasteiger partial charge in [0.25, 0.3) is 0 Å². The summed E-state index contributed by atoms with van der Waals surface area (Å²) in [4.78, 5) is 7.00. The Morgan fingerprint density at radius 2 is 2.21 bits per heavy atom. The van der Waals surface area contributed by atoms with Crippen LogP contribution in [0.1, 0.15) is 6.92 Å². The van der Waals surface area contributed by atoms with Gasteiger partial charge in [-0.15, -0.1) is 0 Å². The number of nitrogens with zero attached hydrogens (tertiary/aromatic N) is 3. The van der Waals surface area contributed by atoms with Gasteiger partial charge in [0.2, 0.25) is 5.95 Å². The van der Waals surface area contributed by atoms with Gasteiger partial charge in [-0.05, 0) is 26.1 Å². The maximum atomic E-state index is 5.38. The third-order valence-electron chi connectivity index (χ3n) is 3.37. The lowest BCUT2D eigenvalue weighted by Crippen LogP contribution is -2.32. The van der Waals surface area contributed by atoms with Crippen LogP contribution in [-0.4, -0.2) is 43.3 Å². The number of hydrogen-bond donors (Lipinski definition) is 1. The summed E-state index contributed by atoms with van der Waals surface area (Å²) >= 11 is 0. The number of ether oxygens (including phenoxy) is 1. The fourth-order valence-electron chi connectivity index (χ4n) is 2.27. The highest BCUT2D eigenvalue weighted by atomic mass is 16.5. The molecule has 5 heteroatoms. The number of aryl methyl sites for hydroxylation is 1. The zero-order valence-electron chi connectivity index (χ0n) is 12.1. The number of imidazole rings is 1. The maximum absolute atomic E-state index is 5.38. The molecule has 0 bridgehead atoms. The van der Waals surface area contributed by atoms with Crippen molar-refractivity contribution >= 4 is 17.0 Å². The fourth-order valence-corrected chi connectivity index (χ4v) is 2.27. The molecule has 2 aromatic rings. The number of para-hydroxylation sites is 1. The van der Waals surface area contributed by atoms with Crippen molar-refractivity contribution in [2.24, 2.45) is 7.05 Å². The Morgan fingerprint density at radius 1 is 1.42 bits per heavy atom. The molecule has 0 aliphatic rings. The number of nitrogens with one attached hydrogen (secondary N) is 1. The molecule has 0 saturated carbocycles. The third kappa shape index (κ3) is 2.51. The smallest absolute Gasteiger partial charge is 0.206 e. The van der Waals surface area contributed by atoms with Crippen molar-refractivity contribution in [3.63, 3.8) is 0 Å². The van der Waals surface area contributed by atoms with E-state index in [2.05, 4.69) is 27.8 Å². The van der Waals surface area contributed by atoms with E-state index < -0.39 is 0 Å². The highest BCUT2D eigenvalue weighted by molar-refractivity contribution is 5.84. The first-order valence-corrected chi connectivity index (χ1v) is 6.61. The van der Waals surface area contributed by atoms with Crippen LogP contribution in [0.4, 0.5) is 5.95 Å². The van der Waals surface area contributed by atoms with Gasteiger partial charge in [0.1, 0.15) is 11.3 Å². The van der Waals surface area contributed by atoms with Crippen molar-refractivity contribution in [3.8, 4) is 5.75 Å². The van der Waals surface area contributed by atoms with E-state index in [0.717, 1.165) is 42.4 Å². The molecular formula is C14H22N4O. The van der Waals surface area contributed by atoms with Gasteiger partial charge < -0.3 is 19.5 Å². The van der Waals surface area contributed by atoms with Crippen molar-refractivity contribution in [1.82, 2.24) is 14.9 Å². The number of anilines is 1. The van der Waals surface area contributed by atoms with E-state index in [-0.39, 0.29) is 0 Å². The van der Waals surface area contributed by atoms with Crippen LogP contribution in [0.15, 0.2) is 18.2 Å². The van der Waals surface area contributed by atoms with E-state index in [1.807, 2.05) is 26.2 Å². The molecule has 0 saturated heterocycles. The lowest BCUT2D eigenvalue weighted by molar-refractivity contribution is 0.419. The van der Waals surface area contributed by atoms with Crippen molar-refractivity contribution < 1.29 is 4.74 Å². The van der Waals surface area contributed by atoms with Gasteiger partial charge >= 0.3 is 0 Å². The Hall–Kier alpha value is -1.75. The van der Waals surface area contributed by atoms with Gasteiger partial charge in [0, 0.05) is 26.7 Å². The molecule has 5 nitrogen and oxygen atoms in total. The first kappa shape index (κ1) is 13.7. The number of hydrogen-bond acceptors (Lipinski definition) is 4. The molecule has 0 atom stereocenters. The zero-order chi connectivity index (χ0) is 13.8. The second-order valence-corrected chi connectivity index (χ2v) is 4.48. The molecule has 19 heavy (non-hydrogen) atoms. The summed E-state index contributed by atoms with van der Waals surface area (Å²) in [5.74, 6) is 1.81. The summed E-state index contributed by atoms with van der Waals surface area (Å²) in [5, 5.41) is 3.17. The van der Waals surface area contributed by atoms with Crippen LogP contribution in [-0.2, 0) is 7.05 Å². The number of benzene rings is 1. The monoisotopic (exact) mass is 262 g/mol. The van der Waals surface area contributed by atoms with Gasteiger partial charge in [0.15, 0.2) is 0 Å². The molecule has 0 aliphatic heterocycles. The lowest BCUT2D eigenvalue weighted by atomic mass is 10.3. The average Bonchev–Trinajstić information content (AvgIpc) is 2.77. The first-order valence-electron chi connectivity index (χ1n) is 6.61. The van der Waals surface area contributed by atoms with E-state index in [4.69, 9.17) is 9.72 Å². The van der Waals surface area contributed by atoms with Crippen LogP contribution < -0.4 is 15.0 Å². The zero-order valence-corrected chi connectivity index (χ0v) is 12.1. The van der Waals surface area contributed by atoms with E-state index in [0.29, 0.717) is 0 Å². The predicted molar refractivity (Wildman–Crippen MR) is 79.1 cm³/mol. The third-order valence-corrected chi connectivity index (χ3v) is 3.37. The molecule has 0 radical (unpaired) electrons. The normalized spacial score (nSPS) is 10.9. The maximum Gasteiger partial charge on any atom is 0.206 e. The van der Waals surface area contributed by atoms with Crippen LogP contribution in [0.3, 0.4) is 0 Å². The quantitative estimate of drug-likeness (QED) is 0.859. The minimum absolute atomic E-state index is 0.823. The molecular weight excluding hydrogens is 240 g/mol. The molecule has 1 aromatic heterocycles. The molecule has 2 rings (SSSR count). The molecule has 0 fully saturated rings. The standard InChI is InChI=1S/C14H22N4O/c1-5-18(10-9-15-2)14-16-13-11(17(14)3)7-6-8-12(13)19-4/h6-8,15H,5,9-10H2,1-4H3. The van der Waals surface area contributed by atoms with Crippen LogP contribution in [0.5, 0.6) is 5.75 Å². The summed E-state index contributed by atoms with van der Waals surface area (Å²) in [6.07, 6.45) is 0. The van der Waals surface area contributed by atoms with Crippen LogP contribution >= 0.6 is 0 Å². The average molecular weight is 262 g/mol. The first-order chi connectivity index (χ1) is 9.22. The van der Waals surface area contributed by atoms with E-state index >= 15 is 0 Å². The van der Waals surface area contributed by atoms with Gasteiger partial charge in [0.05, 0.1) is 12.6 Å².